The van der Waals surface area contributed by atoms with Gasteiger partial charge in [-0.15, -0.1) is 0 Å². The fraction of sp³-hybridized carbons (Fsp3) is 0.421. The largest absolute Gasteiger partial charge is 0.473 e. The third-order valence-electron chi connectivity index (χ3n) is 4.79. The van der Waals surface area contributed by atoms with Gasteiger partial charge in [0.05, 0.1) is 21.0 Å². The van der Waals surface area contributed by atoms with Crippen LogP contribution in [0, 0.1) is 13.8 Å². The van der Waals surface area contributed by atoms with E-state index in [-0.39, 0.29) is 6.10 Å². The Hall–Kier alpha value is -2.26. The van der Waals surface area contributed by atoms with Crippen LogP contribution < -0.4 is 9.64 Å². The lowest BCUT2D eigenvalue weighted by Gasteiger charge is -2.31. The number of hydrogen-bond donors (Lipinski definition) is 0. The highest BCUT2D eigenvalue weighted by atomic mass is 32.2. The van der Waals surface area contributed by atoms with Crippen LogP contribution in [0.4, 0.5) is 5.13 Å². The summed E-state index contributed by atoms with van der Waals surface area (Å²) in [5.41, 5.74) is 2.20. The van der Waals surface area contributed by atoms with Crippen LogP contribution >= 0.6 is 11.3 Å². The molecule has 1 saturated heterocycles. The van der Waals surface area contributed by atoms with Crippen LogP contribution in [0.15, 0.2) is 29.3 Å². The number of para-hydroxylation sites is 1. The van der Waals surface area contributed by atoms with Gasteiger partial charge in [-0.2, -0.15) is 0 Å². The monoisotopic (exact) mass is 418 g/mol. The fourth-order valence-electron chi connectivity index (χ4n) is 3.30. The molecule has 28 heavy (non-hydrogen) atoms. The van der Waals surface area contributed by atoms with Crippen LogP contribution in [0.5, 0.6) is 5.88 Å². The van der Waals surface area contributed by atoms with Crippen molar-refractivity contribution in [2.45, 2.75) is 37.7 Å². The lowest BCUT2D eigenvalue weighted by atomic mass is 10.1. The average Bonchev–Trinajstić information content (AvgIpc) is 3.08. The number of aryl methyl sites for hydroxylation is 2. The summed E-state index contributed by atoms with van der Waals surface area (Å²) in [6.45, 7) is 5.41. The second-order valence-corrected chi connectivity index (χ2v) is 10.1. The van der Waals surface area contributed by atoms with E-state index in [0.717, 1.165) is 47.2 Å². The molecule has 0 aliphatic carbocycles. The third kappa shape index (κ3) is 3.81. The summed E-state index contributed by atoms with van der Waals surface area (Å²) in [7, 11) is -3.31. The zero-order valence-corrected chi connectivity index (χ0v) is 17.7. The maximum absolute atomic E-state index is 12.0. The fourth-order valence-corrected chi connectivity index (χ4v) is 5.24. The van der Waals surface area contributed by atoms with Gasteiger partial charge in [0.1, 0.15) is 11.6 Å². The van der Waals surface area contributed by atoms with E-state index in [4.69, 9.17) is 4.74 Å². The average molecular weight is 419 g/mol. The van der Waals surface area contributed by atoms with Crippen molar-refractivity contribution in [2.24, 2.45) is 0 Å². The van der Waals surface area contributed by atoms with Crippen molar-refractivity contribution in [1.82, 2.24) is 15.0 Å². The summed E-state index contributed by atoms with van der Waals surface area (Å²) in [5.74, 6) is 0.608. The molecule has 0 unspecified atom stereocenters. The Kier molecular flexibility index (Phi) is 4.96. The van der Waals surface area contributed by atoms with E-state index in [9.17, 15) is 8.42 Å². The number of hydrogen-bond acceptors (Lipinski definition) is 8. The Morgan fingerprint density at radius 2 is 1.93 bits per heavy atom. The molecule has 148 valence electrons. The Bertz CT molecular complexity index is 1120. The van der Waals surface area contributed by atoms with Crippen molar-refractivity contribution in [3.63, 3.8) is 0 Å². The topological polar surface area (TPSA) is 85.3 Å². The molecule has 7 nitrogen and oxygen atoms in total. The van der Waals surface area contributed by atoms with E-state index in [1.807, 2.05) is 19.9 Å². The maximum atomic E-state index is 12.0. The first-order chi connectivity index (χ1) is 13.3. The number of aromatic nitrogens is 3. The predicted octanol–water partition coefficient (Wildman–Crippen LogP) is 3.15. The summed E-state index contributed by atoms with van der Waals surface area (Å²) in [5, 5.41) is 0.857. The van der Waals surface area contributed by atoms with Gasteiger partial charge in [-0.25, -0.2) is 18.4 Å². The first-order valence-electron chi connectivity index (χ1n) is 9.13. The van der Waals surface area contributed by atoms with Crippen LogP contribution in [0.2, 0.25) is 0 Å². The maximum Gasteiger partial charge on any atom is 0.235 e. The van der Waals surface area contributed by atoms with Gasteiger partial charge >= 0.3 is 0 Å². The van der Waals surface area contributed by atoms with Gasteiger partial charge in [0.2, 0.25) is 5.88 Å². The molecular weight excluding hydrogens is 396 g/mol. The zero-order chi connectivity index (χ0) is 19.9. The minimum absolute atomic E-state index is 0.0898. The number of ether oxygens (including phenoxy) is 1. The van der Waals surface area contributed by atoms with Crippen LogP contribution in [0.25, 0.3) is 10.2 Å². The standard InChI is InChI=1S/C19H22N4O3S2/c1-12-11-20-13(2)18(21-12)26-14-7-9-23(10-8-14)19-22-17-15(27-19)5-4-6-16(17)28(3,24)25/h4-6,11,14H,7-10H2,1-3H3. The van der Waals surface area contributed by atoms with Gasteiger partial charge in [0, 0.05) is 38.4 Å². The molecule has 2 aromatic heterocycles. The summed E-state index contributed by atoms with van der Waals surface area (Å²) in [6.07, 6.45) is 4.75. The molecule has 0 amide bonds. The summed E-state index contributed by atoms with van der Waals surface area (Å²) in [6, 6.07) is 5.30. The Labute approximate surface area is 168 Å². The highest BCUT2D eigenvalue weighted by Gasteiger charge is 2.25. The number of rotatable bonds is 4. The molecule has 1 aliphatic heterocycles. The van der Waals surface area contributed by atoms with Gasteiger partial charge in [-0.05, 0) is 26.0 Å². The molecule has 0 bridgehead atoms. The SMILES string of the molecule is Cc1cnc(C)c(OC2CCN(c3nc4c(S(C)(=O)=O)cccc4s3)CC2)n1. The van der Waals surface area contributed by atoms with Crippen molar-refractivity contribution < 1.29 is 13.2 Å². The highest BCUT2D eigenvalue weighted by Crippen LogP contribution is 2.34. The van der Waals surface area contributed by atoms with E-state index in [1.54, 1.807) is 18.3 Å². The highest BCUT2D eigenvalue weighted by molar-refractivity contribution is 7.91. The quantitative estimate of drug-likeness (QED) is 0.643. The van der Waals surface area contributed by atoms with E-state index >= 15 is 0 Å². The number of anilines is 1. The van der Waals surface area contributed by atoms with E-state index < -0.39 is 9.84 Å². The van der Waals surface area contributed by atoms with Gasteiger partial charge < -0.3 is 9.64 Å². The third-order valence-corrected chi connectivity index (χ3v) is 7.00. The van der Waals surface area contributed by atoms with Crippen LogP contribution in [-0.4, -0.2) is 48.8 Å². The second-order valence-electron chi connectivity index (χ2n) is 7.08. The minimum atomic E-state index is -3.31. The molecule has 3 aromatic rings. The molecule has 4 rings (SSSR count). The molecule has 0 radical (unpaired) electrons. The minimum Gasteiger partial charge on any atom is -0.473 e. The molecule has 3 heterocycles. The van der Waals surface area contributed by atoms with Crippen molar-refractivity contribution in [3.8, 4) is 5.88 Å². The number of benzene rings is 1. The summed E-state index contributed by atoms with van der Waals surface area (Å²) < 4.78 is 31.0. The second kappa shape index (κ2) is 7.29. The summed E-state index contributed by atoms with van der Waals surface area (Å²) in [4.78, 5) is 15.9. The first kappa shape index (κ1) is 19.1. The van der Waals surface area contributed by atoms with Gasteiger partial charge in [-0.1, -0.05) is 17.4 Å². The number of piperidine rings is 1. The first-order valence-corrected chi connectivity index (χ1v) is 11.8. The van der Waals surface area contributed by atoms with E-state index in [2.05, 4.69) is 19.9 Å². The summed E-state index contributed by atoms with van der Waals surface area (Å²) >= 11 is 1.53. The lowest BCUT2D eigenvalue weighted by Crippen LogP contribution is -2.38. The molecule has 9 heteroatoms. The smallest absolute Gasteiger partial charge is 0.235 e. The van der Waals surface area contributed by atoms with Gasteiger partial charge in [-0.3, -0.25) is 4.98 Å². The van der Waals surface area contributed by atoms with Gasteiger partial charge in [0.15, 0.2) is 15.0 Å². The predicted molar refractivity (Wildman–Crippen MR) is 110 cm³/mol. The molecule has 0 N–H and O–H groups in total. The molecule has 0 atom stereocenters. The molecular formula is C19H22N4O3S2. The van der Waals surface area contributed by atoms with Crippen LogP contribution in [0.1, 0.15) is 24.2 Å². The Morgan fingerprint density at radius 3 is 2.64 bits per heavy atom. The molecule has 0 saturated carbocycles. The number of fused-ring (bicyclic) bond motifs is 1. The molecule has 0 spiro atoms. The Morgan fingerprint density at radius 1 is 1.18 bits per heavy atom. The van der Waals surface area contributed by atoms with Crippen LogP contribution in [0.3, 0.4) is 0 Å². The van der Waals surface area contributed by atoms with E-state index in [1.165, 1.54) is 17.6 Å². The molecule has 1 aromatic carbocycles. The Balaban J connectivity index is 1.49. The number of thiazole rings is 1. The normalized spacial score (nSPS) is 15.9. The van der Waals surface area contributed by atoms with Crippen molar-refractivity contribution in [1.29, 1.82) is 0 Å². The number of nitrogens with zero attached hydrogens (tertiary/aromatic N) is 4. The van der Waals surface area contributed by atoms with Gasteiger partial charge in [0.25, 0.3) is 0 Å². The lowest BCUT2D eigenvalue weighted by molar-refractivity contribution is 0.161. The van der Waals surface area contributed by atoms with Crippen molar-refractivity contribution in [2.75, 3.05) is 24.2 Å². The molecule has 1 aliphatic rings. The van der Waals surface area contributed by atoms with Crippen molar-refractivity contribution in [3.05, 3.63) is 35.8 Å². The molecule has 1 fully saturated rings. The van der Waals surface area contributed by atoms with Crippen molar-refractivity contribution >= 4 is 36.5 Å². The van der Waals surface area contributed by atoms with E-state index in [0.29, 0.717) is 16.3 Å². The zero-order valence-electron chi connectivity index (χ0n) is 16.0. The van der Waals surface area contributed by atoms with Crippen LogP contribution in [-0.2, 0) is 9.84 Å². The number of sulfone groups is 1.